The van der Waals surface area contributed by atoms with Gasteiger partial charge in [-0.1, -0.05) is 30.3 Å². The first kappa shape index (κ1) is 12.1. The lowest BCUT2D eigenvalue weighted by Gasteiger charge is -2.10. The van der Waals surface area contributed by atoms with Gasteiger partial charge in [0.25, 0.3) is 0 Å². The minimum absolute atomic E-state index is 0.0474. The molecule has 0 spiro atoms. The minimum atomic E-state index is -1.17. The van der Waals surface area contributed by atoms with E-state index in [1.807, 2.05) is 6.07 Å². The summed E-state index contributed by atoms with van der Waals surface area (Å²) in [4.78, 5) is 10.9. The topological polar surface area (TPSA) is 46.5 Å². The molecule has 0 radical (unpaired) electrons. The SMILES string of the molecule is COc1c(F)cc(C(=O)O)cc1-c1ccccc1. The molecule has 3 nitrogen and oxygen atoms in total. The summed E-state index contributed by atoms with van der Waals surface area (Å²) in [6.45, 7) is 0. The molecule has 4 heteroatoms. The maximum Gasteiger partial charge on any atom is 0.335 e. The van der Waals surface area contributed by atoms with Gasteiger partial charge in [-0.15, -0.1) is 0 Å². The molecule has 0 aliphatic heterocycles. The van der Waals surface area contributed by atoms with Crippen molar-refractivity contribution in [2.75, 3.05) is 7.11 Å². The van der Waals surface area contributed by atoms with Crippen molar-refractivity contribution >= 4 is 5.97 Å². The number of carbonyl (C=O) groups is 1. The second-order valence-electron chi connectivity index (χ2n) is 3.71. The van der Waals surface area contributed by atoms with Crippen LogP contribution in [0.1, 0.15) is 10.4 Å². The predicted octanol–water partition coefficient (Wildman–Crippen LogP) is 3.20. The van der Waals surface area contributed by atoms with Crippen molar-refractivity contribution in [3.05, 3.63) is 53.8 Å². The van der Waals surface area contributed by atoms with E-state index in [-0.39, 0.29) is 11.3 Å². The van der Waals surface area contributed by atoms with E-state index in [0.717, 1.165) is 6.07 Å². The largest absolute Gasteiger partial charge is 0.493 e. The standard InChI is InChI=1S/C14H11FO3/c1-18-13-11(9-5-3-2-4-6-9)7-10(14(16)17)8-12(13)15/h2-8H,1H3,(H,16,17). The maximum absolute atomic E-state index is 13.8. The Bertz CT molecular complexity index is 579. The molecule has 0 heterocycles. The molecule has 0 atom stereocenters. The number of hydrogen-bond acceptors (Lipinski definition) is 2. The van der Waals surface area contributed by atoms with Gasteiger partial charge < -0.3 is 9.84 Å². The normalized spacial score (nSPS) is 10.1. The van der Waals surface area contributed by atoms with E-state index >= 15 is 0 Å². The van der Waals surface area contributed by atoms with Crippen LogP contribution in [-0.2, 0) is 0 Å². The van der Waals surface area contributed by atoms with Gasteiger partial charge in [0.1, 0.15) is 0 Å². The van der Waals surface area contributed by atoms with E-state index < -0.39 is 11.8 Å². The van der Waals surface area contributed by atoms with Crippen molar-refractivity contribution in [1.29, 1.82) is 0 Å². The van der Waals surface area contributed by atoms with Crippen molar-refractivity contribution in [3.63, 3.8) is 0 Å². The van der Waals surface area contributed by atoms with Gasteiger partial charge >= 0.3 is 5.97 Å². The number of aromatic carboxylic acids is 1. The molecule has 0 aliphatic carbocycles. The molecule has 0 amide bonds. The number of hydrogen-bond donors (Lipinski definition) is 1. The van der Waals surface area contributed by atoms with Gasteiger partial charge in [-0.25, -0.2) is 9.18 Å². The molecule has 2 aromatic carbocycles. The number of methoxy groups -OCH3 is 1. The lowest BCUT2D eigenvalue weighted by molar-refractivity contribution is 0.0696. The van der Waals surface area contributed by atoms with E-state index in [2.05, 4.69) is 0 Å². The second-order valence-corrected chi connectivity index (χ2v) is 3.71. The molecule has 0 bridgehead atoms. The van der Waals surface area contributed by atoms with Crippen LogP contribution >= 0.6 is 0 Å². The van der Waals surface area contributed by atoms with Crippen molar-refractivity contribution < 1.29 is 19.0 Å². The van der Waals surface area contributed by atoms with E-state index in [1.165, 1.54) is 13.2 Å². The van der Waals surface area contributed by atoms with Crippen LogP contribution in [0, 0.1) is 5.82 Å². The Balaban J connectivity index is 2.67. The zero-order valence-corrected chi connectivity index (χ0v) is 9.68. The first-order valence-electron chi connectivity index (χ1n) is 5.29. The van der Waals surface area contributed by atoms with Crippen LogP contribution in [-0.4, -0.2) is 18.2 Å². The summed E-state index contributed by atoms with van der Waals surface area (Å²) in [5, 5.41) is 8.94. The third-order valence-electron chi connectivity index (χ3n) is 2.58. The average molecular weight is 246 g/mol. The van der Waals surface area contributed by atoms with Crippen LogP contribution in [0.4, 0.5) is 4.39 Å². The highest BCUT2D eigenvalue weighted by molar-refractivity contribution is 5.90. The van der Waals surface area contributed by atoms with Gasteiger partial charge in [-0.05, 0) is 17.7 Å². The fraction of sp³-hybridized carbons (Fsp3) is 0.0714. The number of carboxylic acid groups (broad SMARTS) is 1. The number of halogens is 1. The molecule has 0 fully saturated rings. The summed E-state index contributed by atoms with van der Waals surface area (Å²) < 4.78 is 18.8. The quantitative estimate of drug-likeness (QED) is 0.904. The Hall–Kier alpha value is -2.36. The van der Waals surface area contributed by atoms with Gasteiger partial charge in [0, 0.05) is 5.56 Å². The third kappa shape index (κ3) is 2.18. The second kappa shape index (κ2) is 4.87. The molecule has 0 saturated carbocycles. The summed E-state index contributed by atoms with van der Waals surface area (Å²) in [7, 11) is 1.35. The molecule has 0 aromatic heterocycles. The summed E-state index contributed by atoms with van der Waals surface area (Å²) in [6.07, 6.45) is 0. The number of benzene rings is 2. The maximum atomic E-state index is 13.8. The average Bonchev–Trinajstić information content (AvgIpc) is 2.38. The summed E-state index contributed by atoms with van der Waals surface area (Å²) in [5.41, 5.74) is 1.03. The van der Waals surface area contributed by atoms with Gasteiger partial charge in [-0.3, -0.25) is 0 Å². The number of carboxylic acids is 1. The van der Waals surface area contributed by atoms with Crippen LogP contribution in [0.25, 0.3) is 11.1 Å². The van der Waals surface area contributed by atoms with Crippen molar-refractivity contribution in [2.45, 2.75) is 0 Å². The molecule has 1 N–H and O–H groups in total. The smallest absolute Gasteiger partial charge is 0.335 e. The number of ether oxygens (including phenoxy) is 1. The van der Waals surface area contributed by atoms with Gasteiger partial charge in [0.15, 0.2) is 11.6 Å². The minimum Gasteiger partial charge on any atom is -0.493 e. The Morgan fingerprint density at radius 1 is 1.22 bits per heavy atom. The van der Waals surface area contributed by atoms with Crippen LogP contribution < -0.4 is 4.74 Å². The van der Waals surface area contributed by atoms with Crippen LogP contribution in [0.5, 0.6) is 5.75 Å². The van der Waals surface area contributed by atoms with Gasteiger partial charge in [0.05, 0.1) is 12.7 Å². The molecular formula is C14H11FO3. The Morgan fingerprint density at radius 3 is 2.44 bits per heavy atom. The highest BCUT2D eigenvalue weighted by atomic mass is 19.1. The summed E-state index contributed by atoms with van der Waals surface area (Å²) >= 11 is 0. The molecule has 0 aliphatic rings. The first-order valence-corrected chi connectivity index (χ1v) is 5.29. The summed E-state index contributed by atoms with van der Waals surface area (Å²) in [6, 6.07) is 11.3. The van der Waals surface area contributed by atoms with E-state index in [1.54, 1.807) is 24.3 Å². The predicted molar refractivity (Wildman–Crippen MR) is 65.3 cm³/mol. The van der Waals surface area contributed by atoms with Gasteiger partial charge in [0.2, 0.25) is 0 Å². The third-order valence-corrected chi connectivity index (χ3v) is 2.58. The molecule has 0 unspecified atom stereocenters. The van der Waals surface area contributed by atoms with Crippen LogP contribution in [0.15, 0.2) is 42.5 Å². The molecule has 0 saturated heterocycles. The Labute approximate surface area is 103 Å². The molecule has 2 aromatic rings. The fourth-order valence-electron chi connectivity index (χ4n) is 1.76. The first-order chi connectivity index (χ1) is 8.63. The molecular weight excluding hydrogens is 235 g/mol. The molecule has 2 rings (SSSR count). The van der Waals surface area contributed by atoms with E-state index in [9.17, 15) is 9.18 Å². The Kier molecular flexibility index (Phi) is 3.28. The van der Waals surface area contributed by atoms with E-state index in [0.29, 0.717) is 11.1 Å². The van der Waals surface area contributed by atoms with Crippen LogP contribution in [0.2, 0.25) is 0 Å². The highest BCUT2D eigenvalue weighted by Crippen LogP contribution is 2.33. The van der Waals surface area contributed by atoms with Gasteiger partial charge in [-0.2, -0.15) is 0 Å². The molecule has 18 heavy (non-hydrogen) atoms. The zero-order chi connectivity index (χ0) is 13.1. The van der Waals surface area contributed by atoms with Crippen LogP contribution in [0.3, 0.4) is 0 Å². The van der Waals surface area contributed by atoms with Crippen molar-refractivity contribution in [1.82, 2.24) is 0 Å². The zero-order valence-electron chi connectivity index (χ0n) is 9.68. The lowest BCUT2D eigenvalue weighted by atomic mass is 10.0. The number of rotatable bonds is 3. The fourth-order valence-corrected chi connectivity index (χ4v) is 1.76. The summed E-state index contributed by atoms with van der Waals surface area (Å²) in [5.74, 6) is -1.81. The Morgan fingerprint density at radius 2 is 1.89 bits per heavy atom. The lowest BCUT2D eigenvalue weighted by Crippen LogP contribution is -2.00. The van der Waals surface area contributed by atoms with E-state index in [4.69, 9.17) is 9.84 Å². The van der Waals surface area contributed by atoms with Crippen molar-refractivity contribution in [2.24, 2.45) is 0 Å². The molecule has 92 valence electrons. The monoisotopic (exact) mass is 246 g/mol. The highest BCUT2D eigenvalue weighted by Gasteiger charge is 2.16. The van der Waals surface area contributed by atoms with Crippen molar-refractivity contribution in [3.8, 4) is 16.9 Å².